The first-order chi connectivity index (χ1) is 18.8. The van der Waals surface area contributed by atoms with Crippen LogP contribution in [0.2, 0.25) is 5.02 Å². The van der Waals surface area contributed by atoms with Crippen molar-refractivity contribution in [2.45, 2.75) is 58.0 Å². The molecule has 0 saturated carbocycles. The highest BCUT2D eigenvalue weighted by atomic mass is 79.9. The molecule has 1 aliphatic heterocycles. The van der Waals surface area contributed by atoms with E-state index in [1.807, 2.05) is 37.3 Å². The van der Waals surface area contributed by atoms with Crippen LogP contribution in [-0.2, 0) is 21.0 Å². The fraction of sp³-hybridized carbons (Fsp3) is 0.367. The third-order valence-electron chi connectivity index (χ3n) is 7.34. The van der Waals surface area contributed by atoms with Gasteiger partial charge in [-0.05, 0) is 68.0 Å². The van der Waals surface area contributed by atoms with Crippen molar-refractivity contribution < 1.29 is 29.0 Å². The summed E-state index contributed by atoms with van der Waals surface area (Å²) in [5, 5.41) is 9.98. The van der Waals surface area contributed by atoms with Gasteiger partial charge in [0.2, 0.25) is 0 Å². The van der Waals surface area contributed by atoms with E-state index in [0.29, 0.717) is 89.8 Å². The highest BCUT2D eigenvalue weighted by Crippen LogP contribution is 2.51. The molecule has 1 heterocycles. The molecule has 0 saturated heterocycles. The van der Waals surface area contributed by atoms with Gasteiger partial charge in [-0.15, -0.1) is 0 Å². The molecule has 0 spiro atoms. The molecule has 2 aliphatic carbocycles. The Bertz CT molecular complexity index is 1350. The predicted molar refractivity (Wildman–Crippen MR) is 150 cm³/mol. The number of carboxylic acids is 1. The summed E-state index contributed by atoms with van der Waals surface area (Å²) < 4.78 is 13.0. The van der Waals surface area contributed by atoms with Crippen LogP contribution in [0.15, 0.2) is 63.4 Å². The number of benzene rings is 2. The second-order valence-corrected chi connectivity index (χ2v) is 11.2. The first-order valence-corrected chi connectivity index (χ1v) is 14.3. The fourth-order valence-corrected chi connectivity index (χ4v) is 6.31. The predicted octanol–water partition coefficient (Wildman–Crippen LogP) is 6.58. The number of carbonyl (C=O) groups is 3. The number of halogens is 2. The van der Waals surface area contributed by atoms with Gasteiger partial charge in [-0.3, -0.25) is 14.4 Å². The van der Waals surface area contributed by atoms with E-state index < -0.39 is 11.9 Å². The maximum atomic E-state index is 13.4. The van der Waals surface area contributed by atoms with Crippen LogP contribution in [-0.4, -0.2) is 40.7 Å². The van der Waals surface area contributed by atoms with Crippen LogP contribution >= 0.6 is 27.5 Å². The summed E-state index contributed by atoms with van der Waals surface area (Å²) in [7, 11) is 0. The smallest absolute Gasteiger partial charge is 0.323 e. The lowest BCUT2D eigenvalue weighted by Crippen LogP contribution is -2.41. The van der Waals surface area contributed by atoms with Gasteiger partial charge in [-0.25, -0.2) is 0 Å². The van der Waals surface area contributed by atoms with E-state index in [1.165, 1.54) is 0 Å². The Morgan fingerprint density at radius 3 is 2.18 bits per heavy atom. The standard InChI is InChI=1S/C30H29BrClNO6/c1-2-38-25-14-18(13-20(32)30(25)39-16-17-9-11-19(31)12-10-17)27-28-21(5-3-7-23(28)34)33(15-26(36)37)22-6-4-8-24(35)29(22)27/h9-14,27H,2-8,15-16H2,1H3,(H,36,37). The molecule has 3 aliphatic rings. The Kier molecular flexibility index (Phi) is 8.14. The van der Waals surface area contributed by atoms with Gasteiger partial charge in [-0.2, -0.15) is 0 Å². The molecule has 9 heteroatoms. The van der Waals surface area contributed by atoms with E-state index in [-0.39, 0.29) is 24.7 Å². The van der Waals surface area contributed by atoms with Gasteiger partial charge in [0.1, 0.15) is 13.2 Å². The summed E-state index contributed by atoms with van der Waals surface area (Å²) >= 11 is 10.2. The van der Waals surface area contributed by atoms with Gasteiger partial charge >= 0.3 is 5.97 Å². The summed E-state index contributed by atoms with van der Waals surface area (Å²) in [6.45, 7) is 2.23. The molecule has 39 heavy (non-hydrogen) atoms. The topological polar surface area (TPSA) is 93.1 Å². The Balaban J connectivity index is 1.61. The number of ketones is 2. The summed E-state index contributed by atoms with van der Waals surface area (Å²) in [6, 6.07) is 11.3. The van der Waals surface area contributed by atoms with Crippen molar-refractivity contribution in [3.05, 3.63) is 79.6 Å². The van der Waals surface area contributed by atoms with E-state index in [9.17, 15) is 19.5 Å². The Labute approximate surface area is 240 Å². The van der Waals surface area contributed by atoms with Crippen LogP contribution in [0.1, 0.15) is 62.5 Å². The highest BCUT2D eigenvalue weighted by molar-refractivity contribution is 9.10. The second kappa shape index (κ2) is 11.6. The van der Waals surface area contributed by atoms with Gasteiger partial charge in [0.25, 0.3) is 0 Å². The zero-order valence-electron chi connectivity index (χ0n) is 21.6. The first kappa shape index (κ1) is 27.5. The lowest BCUT2D eigenvalue weighted by molar-refractivity contribution is -0.138. The molecule has 2 aromatic rings. The maximum absolute atomic E-state index is 13.4. The maximum Gasteiger partial charge on any atom is 0.323 e. The molecule has 2 aromatic carbocycles. The molecule has 0 radical (unpaired) electrons. The summed E-state index contributed by atoms with van der Waals surface area (Å²) in [5.41, 5.74) is 4.03. The van der Waals surface area contributed by atoms with Crippen LogP contribution in [0.5, 0.6) is 11.5 Å². The van der Waals surface area contributed by atoms with E-state index in [4.69, 9.17) is 21.1 Å². The number of ether oxygens (including phenoxy) is 2. The number of hydrogen-bond acceptors (Lipinski definition) is 6. The van der Waals surface area contributed by atoms with Crippen LogP contribution < -0.4 is 9.47 Å². The van der Waals surface area contributed by atoms with E-state index in [0.717, 1.165) is 10.0 Å². The lowest BCUT2D eigenvalue weighted by Gasteiger charge is -2.43. The molecule has 204 valence electrons. The Morgan fingerprint density at radius 2 is 1.62 bits per heavy atom. The number of allylic oxidation sites excluding steroid dienone is 4. The van der Waals surface area contributed by atoms with Gasteiger partial charge < -0.3 is 19.5 Å². The van der Waals surface area contributed by atoms with Gasteiger partial charge in [-0.1, -0.05) is 39.7 Å². The number of aliphatic carboxylic acids is 1. The molecule has 0 fully saturated rings. The minimum Gasteiger partial charge on any atom is -0.490 e. The fourth-order valence-electron chi connectivity index (χ4n) is 5.77. The number of hydrogen-bond donors (Lipinski definition) is 1. The Hall–Kier alpha value is -3.10. The van der Waals surface area contributed by atoms with Crippen LogP contribution in [0.3, 0.4) is 0 Å². The molecule has 0 amide bonds. The van der Waals surface area contributed by atoms with E-state index in [2.05, 4.69) is 15.9 Å². The third kappa shape index (κ3) is 5.50. The monoisotopic (exact) mass is 613 g/mol. The van der Waals surface area contributed by atoms with Crippen LogP contribution in [0, 0.1) is 0 Å². The molecule has 0 atom stereocenters. The van der Waals surface area contributed by atoms with Crippen LogP contribution in [0.4, 0.5) is 0 Å². The SMILES string of the molecule is CCOc1cc(C2C3=C(CCCC3=O)N(CC(=O)O)C3=C2C(=O)CCC3)cc(Cl)c1OCc1ccc(Br)cc1. The average Bonchev–Trinajstić information content (AvgIpc) is 2.90. The van der Waals surface area contributed by atoms with Crippen molar-refractivity contribution in [1.82, 2.24) is 4.90 Å². The lowest BCUT2D eigenvalue weighted by atomic mass is 9.71. The molecule has 0 aromatic heterocycles. The minimum atomic E-state index is -1.00. The molecule has 7 nitrogen and oxygen atoms in total. The molecule has 1 N–H and O–H groups in total. The first-order valence-electron chi connectivity index (χ1n) is 13.1. The zero-order chi connectivity index (χ0) is 27.7. The Morgan fingerprint density at radius 1 is 1.00 bits per heavy atom. The summed E-state index contributed by atoms with van der Waals surface area (Å²) in [5.74, 6) is -0.935. The number of carbonyl (C=O) groups excluding carboxylic acids is 2. The molecule has 0 unspecified atom stereocenters. The minimum absolute atomic E-state index is 0.0637. The number of Topliss-reactive ketones (excluding diaryl/α,β-unsaturated/α-hetero) is 2. The molecule has 5 rings (SSSR count). The van der Waals surface area contributed by atoms with Crippen molar-refractivity contribution in [2.24, 2.45) is 0 Å². The van der Waals surface area contributed by atoms with Gasteiger partial charge in [0.05, 0.1) is 11.6 Å². The van der Waals surface area contributed by atoms with Crippen LogP contribution in [0.25, 0.3) is 0 Å². The summed E-state index contributed by atoms with van der Waals surface area (Å²) in [4.78, 5) is 40.3. The molecule has 0 bridgehead atoms. The highest BCUT2D eigenvalue weighted by Gasteiger charge is 2.44. The summed E-state index contributed by atoms with van der Waals surface area (Å²) in [6.07, 6.45) is 3.16. The largest absolute Gasteiger partial charge is 0.490 e. The van der Waals surface area contributed by atoms with Crippen molar-refractivity contribution in [3.8, 4) is 11.5 Å². The molecular formula is C30H29BrClNO6. The number of carboxylic acid groups (broad SMARTS) is 1. The zero-order valence-corrected chi connectivity index (χ0v) is 23.9. The normalized spacial score (nSPS) is 17.8. The van der Waals surface area contributed by atoms with E-state index >= 15 is 0 Å². The average molecular weight is 615 g/mol. The van der Waals surface area contributed by atoms with Crippen molar-refractivity contribution in [3.63, 3.8) is 0 Å². The molecular weight excluding hydrogens is 586 g/mol. The van der Waals surface area contributed by atoms with Gasteiger partial charge in [0, 0.05) is 45.8 Å². The quantitative estimate of drug-likeness (QED) is 0.359. The second-order valence-electron chi connectivity index (χ2n) is 9.87. The van der Waals surface area contributed by atoms with Crippen molar-refractivity contribution in [1.29, 1.82) is 0 Å². The number of rotatable bonds is 8. The van der Waals surface area contributed by atoms with Crippen molar-refractivity contribution in [2.75, 3.05) is 13.2 Å². The number of nitrogens with zero attached hydrogens (tertiary/aromatic N) is 1. The van der Waals surface area contributed by atoms with E-state index in [1.54, 1.807) is 11.0 Å². The third-order valence-corrected chi connectivity index (χ3v) is 8.15. The van der Waals surface area contributed by atoms with Gasteiger partial charge in [0.15, 0.2) is 23.1 Å². The van der Waals surface area contributed by atoms with Crippen molar-refractivity contribution >= 4 is 45.1 Å².